The summed E-state index contributed by atoms with van der Waals surface area (Å²) in [7, 11) is -1.82. The smallest absolute Gasteiger partial charge is 0.421 e. The molecule has 0 amide bonds. The Bertz CT molecular complexity index is 1880. The molecule has 7 aromatic rings. The Balaban J connectivity index is 1.21. The maximum atomic E-state index is 9.93. The van der Waals surface area contributed by atoms with Crippen molar-refractivity contribution in [2.24, 2.45) is 0 Å². The van der Waals surface area contributed by atoms with Crippen molar-refractivity contribution in [2.75, 3.05) is 0 Å². The molecule has 0 fully saturated rings. The number of hydrogen-bond acceptors (Lipinski definition) is 5. The van der Waals surface area contributed by atoms with E-state index in [9.17, 15) is 10.0 Å². The summed E-state index contributed by atoms with van der Waals surface area (Å²) < 4.78 is 0. The van der Waals surface area contributed by atoms with Gasteiger partial charge in [0.2, 0.25) is 0 Å². The summed E-state index contributed by atoms with van der Waals surface area (Å²) in [6, 6.07) is 45.3. The van der Waals surface area contributed by atoms with E-state index in [1.54, 1.807) is 0 Å². The molecule has 1 heterocycles. The monoisotopic (exact) mass is 529 g/mol. The van der Waals surface area contributed by atoms with Gasteiger partial charge in [0.15, 0.2) is 17.4 Å². The average Bonchev–Trinajstić information content (AvgIpc) is 3.04. The fourth-order valence-corrected chi connectivity index (χ4v) is 5.13. The maximum absolute atomic E-state index is 9.93. The van der Waals surface area contributed by atoms with Crippen molar-refractivity contribution in [1.29, 1.82) is 0 Å². The minimum absolute atomic E-state index is 0.0952. The fraction of sp³-hybridized carbons (Fsp3) is 0. The van der Waals surface area contributed by atoms with Crippen molar-refractivity contribution in [2.45, 2.75) is 0 Å². The van der Waals surface area contributed by atoms with Crippen LogP contribution in [-0.2, 0) is 0 Å². The van der Waals surface area contributed by atoms with E-state index in [1.807, 2.05) is 72.8 Å². The molecule has 5 nitrogen and oxygen atoms in total. The summed E-state index contributed by atoms with van der Waals surface area (Å²) in [6.45, 7) is 0. The first-order valence-corrected chi connectivity index (χ1v) is 13.4. The van der Waals surface area contributed by atoms with Crippen LogP contribution in [0.1, 0.15) is 0 Å². The second-order valence-corrected chi connectivity index (χ2v) is 9.99. The lowest BCUT2D eigenvalue weighted by molar-refractivity contribution is 0.422. The van der Waals surface area contributed by atoms with Gasteiger partial charge in [-0.3, -0.25) is 0 Å². The van der Waals surface area contributed by atoms with Crippen LogP contribution in [0.3, 0.4) is 0 Å². The number of fused-ring (bicyclic) bond motifs is 2. The molecule has 0 spiro atoms. The van der Waals surface area contributed by atoms with Crippen LogP contribution in [-0.4, -0.2) is 32.1 Å². The molecule has 0 aliphatic heterocycles. The third-order valence-corrected chi connectivity index (χ3v) is 7.34. The van der Waals surface area contributed by atoms with E-state index in [0.717, 1.165) is 33.4 Å². The van der Waals surface area contributed by atoms with Crippen LogP contribution in [0.5, 0.6) is 0 Å². The van der Waals surface area contributed by atoms with Gasteiger partial charge in [-0.1, -0.05) is 121 Å². The number of aromatic nitrogens is 3. The van der Waals surface area contributed by atoms with E-state index in [4.69, 9.17) is 4.98 Å². The van der Waals surface area contributed by atoms with Crippen LogP contribution in [0, 0.1) is 0 Å². The van der Waals surface area contributed by atoms with E-state index in [0.29, 0.717) is 11.6 Å². The van der Waals surface area contributed by atoms with Gasteiger partial charge in [0.1, 0.15) is 0 Å². The second-order valence-electron chi connectivity index (χ2n) is 9.99. The van der Waals surface area contributed by atoms with Gasteiger partial charge in [0.05, 0.1) is 0 Å². The predicted octanol–water partition coefficient (Wildman–Crippen LogP) is 6.53. The zero-order valence-electron chi connectivity index (χ0n) is 22.0. The number of nitrogens with zero attached hydrogens (tertiary/aromatic N) is 3. The molecule has 0 radical (unpaired) electrons. The highest BCUT2D eigenvalue weighted by Gasteiger charge is 2.20. The Morgan fingerprint density at radius 3 is 1.15 bits per heavy atom. The molecule has 41 heavy (non-hydrogen) atoms. The van der Waals surface area contributed by atoms with Crippen molar-refractivity contribution in [3.63, 3.8) is 0 Å². The lowest BCUT2D eigenvalue weighted by Crippen LogP contribution is -2.36. The maximum Gasteiger partial charge on any atom is 0.528 e. The highest BCUT2D eigenvalue weighted by atomic mass is 16.4. The number of benzene rings is 6. The summed E-state index contributed by atoms with van der Waals surface area (Å²) in [5, 5.41) is 24.6. The molecule has 0 bridgehead atoms. The molecule has 194 valence electrons. The van der Waals surface area contributed by atoms with E-state index >= 15 is 0 Å². The Labute approximate surface area is 237 Å². The van der Waals surface area contributed by atoms with E-state index < -0.39 is 7.12 Å². The van der Waals surface area contributed by atoms with Gasteiger partial charge in [-0.25, -0.2) is 15.0 Å². The van der Waals surface area contributed by atoms with E-state index in [-0.39, 0.29) is 5.72 Å². The third-order valence-electron chi connectivity index (χ3n) is 7.34. The summed E-state index contributed by atoms with van der Waals surface area (Å²) in [4.78, 5) is 13.4. The normalized spacial score (nSPS) is 11.2. The minimum Gasteiger partial charge on any atom is -0.421 e. The minimum atomic E-state index is -1.82. The quantitative estimate of drug-likeness (QED) is 0.248. The first-order chi connectivity index (χ1) is 20.1. The molecule has 0 saturated heterocycles. The van der Waals surface area contributed by atoms with Crippen molar-refractivity contribution in [3.8, 4) is 45.0 Å². The van der Waals surface area contributed by atoms with Crippen LogP contribution >= 0.6 is 0 Å². The van der Waals surface area contributed by atoms with Crippen LogP contribution in [0.15, 0.2) is 133 Å². The van der Waals surface area contributed by atoms with Gasteiger partial charge in [0, 0.05) is 11.1 Å². The van der Waals surface area contributed by atoms with Gasteiger partial charge in [-0.15, -0.1) is 0 Å². The van der Waals surface area contributed by atoms with Crippen molar-refractivity contribution >= 4 is 34.4 Å². The molecular formula is C35H24BN3O2. The first kappa shape index (κ1) is 24.8. The van der Waals surface area contributed by atoms with Crippen LogP contribution in [0.2, 0.25) is 0 Å². The zero-order chi connectivity index (χ0) is 27.8. The molecule has 0 atom stereocenters. The standard InChI is InChI=1S/C35H24BN3O2/c40-36(41)35-38-33(27-15-9-25(10-16-27)31-19-13-23-5-1-3-7-29(23)21-31)37-34(39-35)28-17-11-26(12-18-28)32-20-14-24-6-2-4-8-30(24)22-32/h1-22,40-41H. The van der Waals surface area contributed by atoms with Crippen molar-refractivity contribution < 1.29 is 10.0 Å². The third kappa shape index (κ3) is 4.98. The molecule has 0 aliphatic carbocycles. The molecule has 7 rings (SSSR count). The highest BCUT2D eigenvalue weighted by Crippen LogP contribution is 2.29. The van der Waals surface area contributed by atoms with Gasteiger partial charge < -0.3 is 10.0 Å². The molecule has 6 heteroatoms. The lowest BCUT2D eigenvalue weighted by atomic mass is 9.90. The Kier molecular flexibility index (Phi) is 6.32. The Morgan fingerprint density at radius 1 is 0.366 bits per heavy atom. The highest BCUT2D eigenvalue weighted by molar-refractivity contribution is 6.56. The first-order valence-electron chi connectivity index (χ1n) is 13.4. The second kappa shape index (κ2) is 10.4. The largest absolute Gasteiger partial charge is 0.528 e. The van der Waals surface area contributed by atoms with Gasteiger partial charge >= 0.3 is 7.12 Å². The molecular weight excluding hydrogens is 505 g/mol. The van der Waals surface area contributed by atoms with Crippen LogP contribution in [0.25, 0.3) is 66.6 Å². The van der Waals surface area contributed by atoms with E-state index in [1.165, 1.54) is 21.5 Å². The average molecular weight is 529 g/mol. The molecule has 0 aliphatic rings. The Morgan fingerprint density at radius 2 is 0.732 bits per heavy atom. The van der Waals surface area contributed by atoms with Crippen molar-refractivity contribution in [3.05, 3.63) is 133 Å². The SMILES string of the molecule is OB(O)c1nc(-c2ccc(-c3ccc4ccccc4c3)cc2)nc(-c2ccc(-c3ccc4ccccc4c3)cc2)n1. The zero-order valence-corrected chi connectivity index (χ0v) is 22.0. The summed E-state index contributed by atoms with van der Waals surface area (Å²) in [5.74, 6) is 0.753. The Hall–Kier alpha value is -5.17. The molecule has 0 unspecified atom stereocenters. The molecule has 0 saturated carbocycles. The van der Waals surface area contributed by atoms with Gasteiger partial charge in [0.25, 0.3) is 0 Å². The van der Waals surface area contributed by atoms with Gasteiger partial charge in [-0.2, -0.15) is 0 Å². The van der Waals surface area contributed by atoms with Crippen LogP contribution in [0.4, 0.5) is 0 Å². The van der Waals surface area contributed by atoms with Crippen LogP contribution < -0.4 is 5.72 Å². The lowest BCUT2D eigenvalue weighted by Gasteiger charge is -2.10. The van der Waals surface area contributed by atoms with Gasteiger partial charge in [-0.05, 0) is 55.9 Å². The fourth-order valence-electron chi connectivity index (χ4n) is 5.13. The number of hydrogen-bond donors (Lipinski definition) is 2. The molecule has 1 aromatic heterocycles. The molecule has 2 N–H and O–H groups in total. The topological polar surface area (TPSA) is 79.1 Å². The number of rotatable bonds is 5. The molecule has 6 aromatic carbocycles. The predicted molar refractivity (Wildman–Crippen MR) is 166 cm³/mol. The summed E-state index contributed by atoms with van der Waals surface area (Å²) in [6.07, 6.45) is 0. The van der Waals surface area contributed by atoms with Crippen molar-refractivity contribution in [1.82, 2.24) is 15.0 Å². The van der Waals surface area contributed by atoms with E-state index in [2.05, 4.69) is 70.6 Å². The summed E-state index contributed by atoms with van der Waals surface area (Å²) >= 11 is 0. The summed E-state index contributed by atoms with van der Waals surface area (Å²) in [5.41, 5.74) is 5.79.